The molecule has 3 heterocycles. The molecule has 2 unspecified atom stereocenters. The summed E-state index contributed by atoms with van der Waals surface area (Å²) in [6.07, 6.45) is -2.47. The highest BCUT2D eigenvalue weighted by molar-refractivity contribution is 5.41. The number of fused-ring (bicyclic) bond motifs is 2. The van der Waals surface area contributed by atoms with E-state index in [9.17, 15) is 13.2 Å². The molecule has 2 atom stereocenters. The third kappa shape index (κ3) is 2.37. The highest BCUT2D eigenvalue weighted by Gasteiger charge is 2.37. The summed E-state index contributed by atoms with van der Waals surface area (Å²) in [5.41, 5.74) is -0.965. The molecule has 0 aliphatic carbocycles. The van der Waals surface area contributed by atoms with Crippen LogP contribution in [0.3, 0.4) is 0 Å². The number of hydrogen-bond acceptors (Lipinski definition) is 5. The van der Waals surface area contributed by atoms with Crippen LogP contribution in [0, 0.1) is 0 Å². The minimum atomic E-state index is -4.45. The molecular formula is C11H13F3N4O. The molecule has 0 amide bonds. The van der Waals surface area contributed by atoms with Gasteiger partial charge in [-0.25, -0.2) is 9.97 Å². The summed E-state index contributed by atoms with van der Waals surface area (Å²) < 4.78 is 42.8. The van der Waals surface area contributed by atoms with Gasteiger partial charge in [0.05, 0.1) is 37.7 Å². The Morgan fingerprint density at radius 3 is 2.37 bits per heavy atom. The molecule has 1 N–H and O–H groups in total. The number of morpholine rings is 1. The number of nitrogens with one attached hydrogen (secondary N) is 1. The standard InChI is InChI=1S/C11H13F3N4O/c12-11(13,14)9-3-17-10(4-16-9)18-7-1-15-2-8(18)6-19-5-7/h3-4,7-8,15H,1-2,5-6H2. The predicted octanol–water partition coefficient (Wildman–Crippen LogP) is 0.672. The molecule has 0 spiro atoms. The average Bonchev–Trinajstić information content (AvgIpc) is 2.37. The molecule has 104 valence electrons. The largest absolute Gasteiger partial charge is 0.434 e. The molecule has 0 saturated carbocycles. The Labute approximate surface area is 107 Å². The summed E-state index contributed by atoms with van der Waals surface area (Å²) in [5.74, 6) is 0.479. The molecule has 8 heteroatoms. The van der Waals surface area contributed by atoms with Crippen LogP contribution in [0.15, 0.2) is 12.4 Å². The second kappa shape index (κ2) is 4.61. The Morgan fingerprint density at radius 2 is 1.84 bits per heavy atom. The van der Waals surface area contributed by atoms with Crippen molar-refractivity contribution in [2.75, 3.05) is 31.2 Å². The third-order valence-electron chi connectivity index (χ3n) is 3.36. The van der Waals surface area contributed by atoms with Crippen LogP contribution in [0.5, 0.6) is 0 Å². The van der Waals surface area contributed by atoms with E-state index in [0.29, 0.717) is 19.0 Å². The summed E-state index contributed by atoms with van der Waals surface area (Å²) in [4.78, 5) is 9.38. The van der Waals surface area contributed by atoms with Gasteiger partial charge < -0.3 is 15.0 Å². The maximum Gasteiger partial charge on any atom is 0.434 e. The molecule has 2 aliphatic rings. The van der Waals surface area contributed by atoms with E-state index < -0.39 is 11.9 Å². The van der Waals surface area contributed by atoms with E-state index in [2.05, 4.69) is 15.3 Å². The fraction of sp³-hybridized carbons (Fsp3) is 0.636. The van der Waals surface area contributed by atoms with Gasteiger partial charge in [0.25, 0.3) is 0 Å². The zero-order valence-electron chi connectivity index (χ0n) is 10.0. The lowest BCUT2D eigenvalue weighted by molar-refractivity contribution is -0.141. The van der Waals surface area contributed by atoms with Crippen molar-refractivity contribution in [2.45, 2.75) is 18.3 Å². The van der Waals surface area contributed by atoms with Crippen LogP contribution in [0.25, 0.3) is 0 Å². The maximum atomic E-state index is 12.4. The zero-order valence-corrected chi connectivity index (χ0v) is 10.0. The molecule has 3 rings (SSSR count). The molecule has 1 aromatic rings. The normalized spacial score (nSPS) is 27.4. The highest BCUT2D eigenvalue weighted by atomic mass is 19.4. The number of aromatic nitrogens is 2. The van der Waals surface area contributed by atoms with Gasteiger partial charge in [-0.2, -0.15) is 13.2 Å². The second-order valence-electron chi connectivity index (χ2n) is 4.67. The van der Waals surface area contributed by atoms with E-state index in [-0.39, 0.29) is 12.1 Å². The van der Waals surface area contributed by atoms with Gasteiger partial charge in [0.2, 0.25) is 0 Å². The Balaban J connectivity index is 1.85. The summed E-state index contributed by atoms with van der Waals surface area (Å²) in [7, 11) is 0. The molecule has 0 aromatic carbocycles. The smallest absolute Gasteiger partial charge is 0.377 e. The third-order valence-corrected chi connectivity index (χ3v) is 3.36. The first kappa shape index (κ1) is 12.6. The predicted molar refractivity (Wildman–Crippen MR) is 60.8 cm³/mol. The molecular weight excluding hydrogens is 261 g/mol. The van der Waals surface area contributed by atoms with Gasteiger partial charge >= 0.3 is 6.18 Å². The van der Waals surface area contributed by atoms with Crippen LogP contribution in [0.4, 0.5) is 19.0 Å². The van der Waals surface area contributed by atoms with Crippen molar-refractivity contribution in [3.8, 4) is 0 Å². The van der Waals surface area contributed by atoms with Crippen molar-refractivity contribution in [3.63, 3.8) is 0 Å². The van der Waals surface area contributed by atoms with Crippen molar-refractivity contribution in [2.24, 2.45) is 0 Å². The number of alkyl halides is 3. The molecule has 2 saturated heterocycles. The molecule has 19 heavy (non-hydrogen) atoms. The monoisotopic (exact) mass is 274 g/mol. The fourth-order valence-corrected chi connectivity index (χ4v) is 2.51. The molecule has 5 nitrogen and oxygen atoms in total. The second-order valence-corrected chi connectivity index (χ2v) is 4.67. The first-order chi connectivity index (χ1) is 9.05. The fourth-order valence-electron chi connectivity index (χ4n) is 2.51. The van der Waals surface area contributed by atoms with Gasteiger partial charge in [0, 0.05) is 13.1 Å². The van der Waals surface area contributed by atoms with Gasteiger partial charge in [-0.1, -0.05) is 0 Å². The van der Waals surface area contributed by atoms with E-state index in [1.165, 1.54) is 6.20 Å². The molecule has 2 aliphatic heterocycles. The first-order valence-electron chi connectivity index (χ1n) is 6.02. The Hall–Kier alpha value is -1.41. The van der Waals surface area contributed by atoms with E-state index in [0.717, 1.165) is 19.3 Å². The number of hydrogen-bond donors (Lipinski definition) is 1. The van der Waals surface area contributed by atoms with Crippen LogP contribution in [-0.2, 0) is 10.9 Å². The molecule has 0 radical (unpaired) electrons. The summed E-state index contributed by atoms with van der Waals surface area (Å²) >= 11 is 0. The van der Waals surface area contributed by atoms with Gasteiger partial charge in [-0.05, 0) is 0 Å². The summed E-state index contributed by atoms with van der Waals surface area (Å²) in [6, 6.07) is 0.192. The van der Waals surface area contributed by atoms with Gasteiger partial charge in [0.15, 0.2) is 5.69 Å². The van der Waals surface area contributed by atoms with Gasteiger partial charge in [-0.15, -0.1) is 0 Å². The van der Waals surface area contributed by atoms with E-state index in [1.54, 1.807) is 0 Å². The van der Waals surface area contributed by atoms with Crippen LogP contribution in [-0.4, -0.2) is 48.4 Å². The number of piperazine rings is 1. The van der Waals surface area contributed by atoms with Crippen molar-refractivity contribution in [1.29, 1.82) is 0 Å². The van der Waals surface area contributed by atoms with Crippen molar-refractivity contribution in [3.05, 3.63) is 18.1 Å². The Morgan fingerprint density at radius 1 is 1.16 bits per heavy atom. The quantitative estimate of drug-likeness (QED) is 0.816. The SMILES string of the molecule is FC(F)(F)c1cnc(N2C3CNCC2COC3)cn1. The number of anilines is 1. The average molecular weight is 274 g/mol. The van der Waals surface area contributed by atoms with Gasteiger partial charge in [0.1, 0.15) is 5.82 Å². The maximum absolute atomic E-state index is 12.4. The Bertz CT molecular complexity index is 428. The molecule has 2 fully saturated rings. The first-order valence-corrected chi connectivity index (χ1v) is 6.02. The Kier molecular flexibility index (Phi) is 3.06. The van der Waals surface area contributed by atoms with E-state index >= 15 is 0 Å². The molecule has 1 aromatic heterocycles. The van der Waals surface area contributed by atoms with Crippen LogP contribution < -0.4 is 10.2 Å². The van der Waals surface area contributed by atoms with Crippen molar-refractivity contribution in [1.82, 2.24) is 15.3 Å². The van der Waals surface area contributed by atoms with E-state index in [1.807, 2.05) is 4.90 Å². The van der Waals surface area contributed by atoms with Crippen LogP contribution >= 0.6 is 0 Å². The van der Waals surface area contributed by atoms with Crippen molar-refractivity contribution < 1.29 is 17.9 Å². The van der Waals surface area contributed by atoms with Gasteiger partial charge in [-0.3, -0.25) is 0 Å². The lowest BCUT2D eigenvalue weighted by Crippen LogP contribution is -2.64. The van der Waals surface area contributed by atoms with Crippen LogP contribution in [0.2, 0.25) is 0 Å². The lowest BCUT2D eigenvalue weighted by Gasteiger charge is -2.46. The highest BCUT2D eigenvalue weighted by Crippen LogP contribution is 2.29. The summed E-state index contributed by atoms with van der Waals surface area (Å²) in [5, 5.41) is 3.27. The van der Waals surface area contributed by atoms with Crippen LogP contribution in [0.1, 0.15) is 5.69 Å². The van der Waals surface area contributed by atoms with E-state index in [4.69, 9.17) is 4.74 Å². The lowest BCUT2D eigenvalue weighted by atomic mass is 10.1. The van der Waals surface area contributed by atoms with Crippen molar-refractivity contribution >= 4 is 5.82 Å². The minimum Gasteiger partial charge on any atom is -0.377 e. The number of rotatable bonds is 1. The number of nitrogens with zero attached hydrogens (tertiary/aromatic N) is 3. The minimum absolute atomic E-state index is 0.0959. The summed E-state index contributed by atoms with van der Waals surface area (Å²) in [6.45, 7) is 2.57. The zero-order chi connectivity index (χ0) is 13.5. The topological polar surface area (TPSA) is 50.3 Å². The number of ether oxygens (including phenoxy) is 1. The number of halogens is 3. The molecule has 2 bridgehead atoms.